The molecular weight excluding hydrogens is 158 g/mol. The second-order valence-electron chi connectivity index (χ2n) is 4.14. The molecule has 0 bridgehead atoms. The predicted octanol–water partition coefficient (Wildman–Crippen LogP) is 2.79. The van der Waals surface area contributed by atoms with Crippen molar-refractivity contribution in [2.75, 3.05) is 0 Å². The smallest absolute Gasteiger partial charge is 0.0300 e. The normalized spacial score (nSPS) is 18.6. The molecule has 0 radical (unpaired) electrons. The van der Waals surface area contributed by atoms with E-state index in [1.54, 1.807) is 0 Å². The molecule has 0 aliphatic heterocycles. The minimum absolute atomic E-state index is 0.258. The zero-order chi connectivity index (χ0) is 9.26. The zero-order valence-electron chi connectivity index (χ0n) is 8.16. The lowest BCUT2D eigenvalue weighted by atomic mass is 9.98. The number of benzene rings is 1. The summed E-state index contributed by atoms with van der Waals surface area (Å²) in [5.74, 6) is 0.912. The largest absolute Gasteiger partial charge is 0.324 e. The number of nitrogens with two attached hydrogens (primary N) is 1. The van der Waals surface area contributed by atoms with Crippen LogP contribution in [0.15, 0.2) is 24.3 Å². The maximum atomic E-state index is 6.14. The van der Waals surface area contributed by atoms with Gasteiger partial charge in [-0.3, -0.25) is 0 Å². The molecular formula is C12H17N. The molecule has 0 amide bonds. The van der Waals surface area contributed by atoms with Gasteiger partial charge in [0.15, 0.2) is 0 Å². The summed E-state index contributed by atoms with van der Waals surface area (Å²) in [6.07, 6.45) is 3.95. The summed E-state index contributed by atoms with van der Waals surface area (Å²) < 4.78 is 0. The van der Waals surface area contributed by atoms with Crippen LogP contribution in [0.3, 0.4) is 0 Å². The van der Waals surface area contributed by atoms with E-state index < -0.39 is 0 Å². The van der Waals surface area contributed by atoms with Crippen LogP contribution in [-0.2, 0) is 0 Å². The Balaban J connectivity index is 2.09. The first-order chi connectivity index (χ1) is 6.27. The van der Waals surface area contributed by atoms with E-state index in [9.17, 15) is 0 Å². The van der Waals surface area contributed by atoms with Crippen molar-refractivity contribution in [3.8, 4) is 0 Å². The van der Waals surface area contributed by atoms with Crippen molar-refractivity contribution in [3.63, 3.8) is 0 Å². The Morgan fingerprint density at radius 2 is 2.08 bits per heavy atom. The van der Waals surface area contributed by atoms with Crippen LogP contribution in [0.2, 0.25) is 0 Å². The Kier molecular flexibility index (Phi) is 2.36. The molecule has 0 unspecified atom stereocenters. The van der Waals surface area contributed by atoms with Crippen LogP contribution in [0.25, 0.3) is 0 Å². The predicted molar refractivity (Wildman–Crippen MR) is 55.4 cm³/mol. The van der Waals surface area contributed by atoms with Gasteiger partial charge in [0.1, 0.15) is 0 Å². The standard InChI is InChI=1S/C12H17N/c1-9-4-2-3-5-11(9)12(13)8-10-6-7-10/h2-5,10,12H,6-8,13H2,1H3/t12-/m1/s1. The number of hydrogen-bond acceptors (Lipinski definition) is 1. The minimum Gasteiger partial charge on any atom is -0.324 e. The van der Waals surface area contributed by atoms with Crippen LogP contribution in [0.4, 0.5) is 0 Å². The molecule has 0 saturated heterocycles. The van der Waals surface area contributed by atoms with E-state index in [4.69, 9.17) is 5.73 Å². The van der Waals surface area contributed by atoms with Gasteiger partial charge in [-0.25, -0.2) is 0 Å². The Labute approximate surface area is 80.0 Å². The van der Waals surface area contributed by atoms with Gasteiger partial charge >= 0.3 is 0 Å². The fourth-order valence-corrected chi connectivity index (χ4v) is 1.84. The third-order valence-corrected chi connectivity index (χ3v) is 2.87. The summed E-state index contributed by atoms with van der Waals surface area (Å²) in [6, 6.07) is 8.70. The molecule has 1 aromatic rings. The van der Waals surface area contributed by atoms with E-state index in [1.807, 2.05) is 0 Å². The highest BCUT2D eigenvalue weighted by Crippen LogP contribution is 2.37. The van der Waals surface area contributed by atoms with Crippen LogP contribution >= 0.6 is 0 Å². The van der Waals surface area contributed by atoms with Gasteiger partial charge < -0.3 is 5.73 Å². The van der Waals surface area contributed by atoms with Crippen molar-refractivity contribution in [3.05, 3.63) is 35.4 Å². The van der Waals surface area contributed by atoms with E-state index in [0.717, 1.165) is 5.92 Å². The Morgan fingerprint density at radius 1 is 1.38 bits per heavy atom. The summed E-state index contributed by atoms with van der Waals surface area (Å²) in [6.45, 7) is 2.14. The van der Waals surface area contributed by atoms with Gasteiger partial charge in [0.25, 0.3) is 0 Å². The van der Waals surface area contributed by atoms with E-state index in [1.165, 1.54) is 30.4 Å². The van der Waals surface area contributed by atoms with Crippen LogP contribution in [0.5, 0.6) is 0 Å². The van der Waals surface area contributed by atoms with E-state index in [2.05, 4.69) is 31.2 Å². The summed E-state index contributed by atoms with van der Waals surface area (Å²) in [5, 5.41) is 0. The second kappa shape index (κ2) is 3.51. The molecule has 70 valence electrons. The van der Waals surface area contributed by atoms with Gasteiger partial charge in [-0.05, 0) is 30.4 Å². The van der Waals surface area contributed by atoms with Gasteiger partial charge in [-0.2, -0.15) is 0 Å². The van der Waals surface area contributed by atoms with Gasteiger partial charge in [0.2, 0.25) is 0 Å². The molecule has 0 aromatic heterocycles. The Morgan fingerprint density at radius 3 is 2.69 bits per heavy atom. The first kappa shape index (κ1) is 8.76. The van der Waals surface area contributed by atoms with Gasteiger partial charge in [-0.1, -0.05) is 37.1 Å². The van der Waals surface area contributed by atoms with Crippen molar-refractivity contribution < 1.29 is 0 Å². The fourth-order valence-electron chi connectivity index (χ4n) is 1.84. The monoisotopic (exact) mass is 175 g/mol. The quantitative estimate of drug-likeness (QED) is 0.751. The first-order valence-corrected chi connectivity index (χ1v) is 5.08. The lowest BCUT2D eigenvalue weighted by molar-refractivity contribution is 0.594. The molecule has 2 N–H and O–H groups in total. The zero-order valence-corrected chi connectivity index (χ0v) is 8.16. The molecule has 1 aromatic carbocycles. The van der Waals surface area contributed by atoms with Crippen LogP contribution in [0.1, 0.15) is 36.4 Å². The highest BCUT2D eigenvalue weighted by atomic mass is 14.6. The molecule has 13 heavy (non-hydrogen) atoms. The molecule has 1 saturated carbocycles. The van der Waals surface area contributed by atoms with Crippen molar-refractivity contribution in [1.29, 1.82) is 0 Å². The SMILES string of the molecule is Cc1ccccc1[C@H](N)CC1CC1. The molecule has 0 heterocycles. The molecule has 2 rings (SSSR count). The maximum absolute atomic E-state index is 6.14. The first-order valence-electron chi connectivity index (χ1n) is 5.08. The molecule has 1 atom stereocenters. The van der Waals surface area contributed by atoms with Gasteiger partial charge in [0.05, 0.1) is 0 Å². The Hall–Kier alpha value is -0.820. The molecule has 0 spiro atoms. The van der Waals surface area contributed by atoms with Crippen LogP contribution < -0.4 is 5.73 Å². The summed E-state index contributed by atoms with van der Waals surface area (Å²) in [4.78, 5) is 0. The van der Waals surface area contributed by atoms with E-state index in [0.29, 0.717) is 0 Å². The van der Waals surface area contributed by atoms with Crippen molar-refractivity contribution in [1.82, 2.24) is 0 Å². The van der Waals surface area contributed by atoms with Crippen molar-refractivity contribution in [2.45, 2.75) is 32.2 Å². The van der Waals surface area contributed by atoms with Gasteiger partial charge in [-0.15, -0.1) is 0 Å². The lowest BCUT2D eigenvalue weighted by Crippen LogP contribution is -2.12. The average molecular weight is 175 g/mol. The molecule has 1 aliphatic carbocycles. The number of rotatable bonds is 3. The third-order valence-electron chi connectivity index (χ3n) is 2.87. The van der Waals surface area contributed by atoms with E-state index in [-0.39, 0.29) is 6.04 Å². The third kappa shape index (κ3) is 2.10. The summed E-state index contributed by atoms with van der Waals surface area (Å²) in [7, 11) is 0. The molecule has 1 heteroatoms. The van der Waals surface area contributed by atoms with Crippen LogP contribution in [-0.4, -0.2) is 0 Å². The minimum atomic E-state index is 0.258. The second-order valence-corrected chi connectivity index (χ2v) is 4.14. The fraction of sp³-hybridized carbons (Fsp3) is 0.500. The van der Waals surface area contributed by atoms with Crippen LogP contribution in [0, 0.1) is 12.8 Å². The van der Waals surface area contributed by atoms with E-state index >= 15 is 0 Å². The van der Waals surface area contributed by atoms with Crippen molar-refractivity contribution in [2.24, 2.45) is 11.7 Å². The summed E-state index contributed by atoms with van der Waals surface area (Å²) >= 11 is 0. The van der Waals surface area contributed by atoms with Crippen molar-refractivity contribution >= 4 is 0 Å². The highest BCUT2D eigenvalue weighted by molar-refractivity contribution is 5.28. The topological polar surface area (TPSA) is 26.0 Å². The number of aryl methyl sites for hydroxylation is 1. The highest BCUT2D eigenvalue weighted by Gasteiger charge is 2.24. The molecule has 1 fully saturated rings. The molecule has 1 aliphatic rings. The lowest BCUT2D eigenvalue weighted by Gasteiger charge is -2.13. The Bertz CT molecular complexity index is 289. The summed E-state index contributed by atoms with van der Waals surface area (Å²) in [5.41, 5.74) is 8.79. The van der Waals surface area contributed by atoms with Gasteiger partial charge in [0, 0.05) is 6.04 Å². The molecule has 1 nitrogen and oxygen atoms in total. The number of hydrogen-bond donors (Lipinski definition) is 1. The maximum Gasteiger partial charge on any atom is 0.0300 e. The average Bonchev–Trinajstić information content (AvgIpc) is 2.89.